The van der Waals surface area contributed by atoms with Crippen LogP contribution >= 0.6 is 0 Å². The van der Waals surface area contributed by atoms with Gasteiger partial charge in [0.25, 0.3) is 0 Å². The number of methoxy groups -OCH3 is 1. The number of nitrogens with two attached hydrogens (primary N) is 1. The molecule has 0 spiro atoms. The van der Waals surface area contributed by atoms with Crippen LogP contribution in [0, 0.1) is 0 Å². The number of hydrogen-bond donors (Lipinski definition) is 2. The summed E-state index contributed by atoms with van der Waals surface area (Å²) < 4.78 is 5.04. The van der Waals surface area contributed by atoms with Crippen molar-refractivity contribution in [2.24, 2.45) is 0 Å². The van der Waals surface area contributed by atoms with Crippen molar-refractivity contribution >= 4 is 11.5 Å². The highest BCUT2D eigenvalue weighted by Gasteiger charge is 2.11. The van der Waals surface area contributed by atoms with Crippen LogP contribution in [0.4, 0.5) is 11.5 Å². The third-order valence-electron chi connectivity index (χ3n) is 2.51. The maximum absolute atomic E-state index is 5.88. The standard InChI is InChI=1S/C11H20N4O/c1-4-6-8(5-2)15-10-9(12)11(16-3)14-7-13-10/h7-8H,4-6,12H2,1-3H3,(H,13,14,15). The van der Waals surface area contributed by atoms with E-state index in [4.69, 9.17) is 10.5 Å². The molecule has 0 saturated carbocycles. The minimum atomic E-state index is 0.395. The van der Waals surface area contributed by atoms with Crippen molar-refractivity contribution in [3.63, 3.8) is 0 Å². The third kappa shape index (κ3) is 2.98. The summed E-state index contributed by atoms with van der Waals surface area (Å²) in [4.78, 5) is 8.07. The largest absolute Gasteiger partial charge is 0.479 e. The van der Waals surface area contributed by atoms with E-state index >= 15 is 0 Å². The Balaban J connectivity index is 2.79. The van der Waals surface area contributed by atoms with Gasteiger partial charge in [0.1, 0.15) is 12.0 Å². The Morgan fingerprint density at radius 1 is 1.44 bits per heavy atom. The van der Waals surface area contributed by atoms with Crippen LogP contribution in [0.2, 0.25) is 0 Å². The molecule has 0 saturated heterocycles. The van der Waals surface area contributed by atoms with E-state index < -0.39 is 0 Å². The monoisotopic (exact) mass is 224 g/mol. The Morgan fingerprint density at radius 3 is 2.75 bits per heavy atom. The van der Waals surface area contributed by atoms with E-state index in [0.717, 1.165) is 19.3 Å². The molecule has 0 aliphatic heterocycles. The van der Waals surface area contributed by atoms with E-state index in [2.05, 4.69) is 29.1 Å². The van der Waals surface area contributed by atoms with Gasteiger partial charge in [-0.15, -0.1) is 0 Å². The zero-order valence-corrected chi connectivity index (χ0v) is 10.2. The zero-order chi connectivity index (χ0) is 12.0. The van der Waals surface area contributed by atoms with Crippen LogP contribution in [0.3, 0.4) is 0 Å². The van der Waals surface area contributed by atoms with Gasteiger partial charge in [-0.3, -0.25) is 0 Å². The first kappa shape index (κ1) is 12.5. The molecule has 1 rings (SSSR count). The fourth-order valence-electron chi connectivity index (χ4n) is 1.58. The van der Waals surface area contributed by atoms with E-state index in [1.54, 1.807) is 7.11 Å². The lowest BCUT2D eigenvalue weighted by atomic mass is 10.1. The maximum Gasteiger partial charge on any atom is 0.242 e. The predicted molar refractivity (Wildman–Crippen MR) is 65.6 cm³/mol. The molecule has 0 amide bonds. The number of aromatic nitrogens is 2. The number of rotatable bonds is 6. The summed E-state index contributed by atoms with van der Waals surface area (Å²) in [5.41, 5.74) is 6.35. The summed E-state index contributed by atoms with van der Waals surface area (Å²) in [7, 11) is 1.55. The summed E-state index contributed by atoms with van der Waals surface area (Å²) in [5.74, 6) is 1.08. The van der Waals surface area contributed by atoms with Gasteiger partial charge in [-0.1, -0.05) is 20.3 Å². The summed E-state index contributed by atoms with van der Waals surface area (Å²) in [5, 5.41) is 3.32. The van der Waals surface area contributed by atoms with Crippen molar-refractivity contribution in [3.05, 3.63) is 6.33 Å². The van der Waals surface area contributed by atoms with E-state index in [1.807, 2.05) is 0 Å². The summed E-state index contributed by atoms with van der Waals surface area (Å²) in [6.45, 7) is 4.30. The molecule has 5 nitrogen and oxygen atoms in total. The molecule has 0 aromatic carbocycles. The average molecular weight is 224 g/mol. The van der Waals surface area contributed by atoms with E-state index in [1.165, 1.54) is 6.33 Å². The number of nitrogens with zero attached hydrogens (tertiary/aromatic N) is 2. The van der Waals surface area contributed by atoms with Gasteiger partial charge in [0, 0.05) is 6.04 Å². The summed E-state index contributed by atoms with van der Waals surface area (Å²) >= 11 is 0. The molecular weight excluding hydrogens is 204 g/mol. The molecule has 1 heterocycles. The molecule has 90 valence electrons. The van der Waals surface area contributed by atoms with Gasteiger partial charge in [0.15, 0.2) is 5.82 Å². The predicted octanol–water partition coefficient (Wildman–Crippen LogP) is 2.06. The van der Waals surface area contributed by atoms with Crippen LogP contribution in [0.15, 0.2) is 6.33 Å². The van der Waals surface area contributed by atoms with Crippen molar-refractivity contribution in [2.45, 2.75) is 39.2 Å². The molecule has 0 fully saturated rings. The third-order valence-corrected chi connectivity index (χ3v) is 2.51. The molecule has 0 aliphatic rings. The summed E-state index contributed by atoms with van der Waals surface area (Å²) in [6, 6.07) is 0.395. The molecule has 5 heteroatoms. The SMILES string of the molecule is CCCC(CC)Nc1ncnc(OC)c1N. The Morgan fingerprint density at radius 2 is 2.19 bits per heavy atom. The van der Waals surface area contributed by atoms with Crippen molar-refractivity contribution in [3.8, 4) is 5.88 Å². The first-order valence-electron chi connectivity index (χ1n) is 5.63. The highest BCUT2D eigenvalue weighted by atomic mass is 16.5. The van der Waals surface area contributed by atoms with Crippen LogP contribution in [-0.4, -0.2) is 23.1 Å². The first-order valence-corrected chi connectivity index (χ1v) is 5.63. The molecule has 0 bridgehead atoms. The fraction of sp³-hybridized carbons (Fsp3) is 0.636. The molecule has 3 N–H and O–H groups in total. The molecule has 1 aromatic heterocycles. The molecule has 1 atom stereocenters. The maximum atomic E-state index is 5.88. The summed E-state index contributed by atoms with van der Waals surface area (Å²) in [6.07, 6.45) is 4.73. The normalized spacial score (nSPS) is 12.2. The smallest absolute Gasteiger partial charge is 0.242 e. The van der Waals surface area contributed by atoms with Gasteiger partial charge in [0.05, 0.1) is 7.11 Å². The van der Waals surface area contributed by atoms with Crippen LogP contribution < -0.4 is 15.8 Å². The Kier molecular flexibility index (Phi) is 4.82. The van der Waals surface area contributed by atoms with Gasteiger partial charge in [-0.05, 0) is 12.8 Å². The minimum Gasteiger partial charge on any atom is -0.479 e. The second-order valence-electron chi connectivity index (χ2n) is 3.68. The van der Waals surface area contributed by atoms with Crippen LogP contribution in [0.25, 0.3) is 0 Å². The molecule has 0 radical (unpaired) electrons. The number of anilines is 2. The number of nitrogens with one attached hydrogen (secondary N) is 1. The number of nitrogen functional groups attached to an aromatic ring is 1. The number of hydrogen-bond acceptors (Lipinski definition) is 5. The molecule has 16 heavy (non-hydrogen) atoms. The van der Waals surface area contributed by atoms with Crippen molar-refractivity contribution in [1.29, 1.82) is 0 Å². The number of ether oxygens (including phenoxy) is 1. The minimum absolute atomic E-state index is 0.395. The van der Waals surface area contributed by atoms with E-state index in [9.17, 15) is 0 Å². The highest BCUT2D eigenvalue weighted by Crippen LogP contribution is 2.25. The van der Waals surface area contributed by atoms with Crippen molar-refractivity contribution in [1.82, 2.24) is 9.97 Å². The Labute approximate surface area is 96.4 Å². The van der Waals surface area contributed by atoms with Crippen molar-refractivity contribution in [2.75, 3.05) is 18.2 Å². The Bertz CT molecular complexity index is 330. The van der Waals surface area contributed by atoms with Gasteiger partial charge in [-0.2, -0.15) is 4.98 Å². The lowest BCUT2D eigenvalue weighted by Crippen LogP contribution is -2.20. The molecule has 0 aliphatic carbocycles. The highest BCUT2D eigenvalue weighted by molar-refractivity contribution is 5.66. The Hall–Kier alpha value is -1.52. The average Bonchev–Trinajstić information content (AvgIpc) is 2.31. The first-order chi connectivity index (χ1) is 7.72. The second-order valence-corrected chi connectivity index (χ2v) is 3.68. The van der Waals surface area contributed by atoms with Gasteiger partial charge >= 0.3 is 0 Å². The van der Waals surface area contributed by atoms with Crippen LogP contribution in [0.5, 0.6) is 5.88 Å². The zero-order valence-electron chi connectivity index (χ0n) is 10.2. The second kappa shape index (κ2) is 6.15. The van der Waals surface area contributed by atoms with Crippen molar-refractivity contribution < 1.29 is 4.74 Å². The van der Waals surface area contributed by atoms with Gasteiger partial charge < -0.3 is 15.8 Å². The lowest BCUT2D eigenvalue weighted by Gasteiger charge is -2.18. The van der Waals surface area contributed by atoms with Crippen LogP contribution in [-0.2, 0) is 0 Å². The van der Waals surface area contributed by atoms with Gasteiger partial charge in [-0.25, -0.2) is 4.98 Å². The molecular formula is C11H20N4O. The van der Waals surface area contributed by atoms with E-state index in [0.29, 0.717) is 23.4 Å². The van der Waals surface area contributed by atoms with E-state index in [-0.39, 0.29) is 0 Å². The van der Waals surface area contributed by atoms with Gasteiger partial charge in [0.2, 0.25) is 5.88 Å². The molecule has 1 unspecified atom stereocenters. The molecule has 1 aromatic rings. The quantitative estimate of drug-likeness (QED) is 0.773. The topological polar surface area (TPSA) is 73.1 Å². The lowest BCUT2D eigenvalue weighted by molar-refractivity contribution is 0.399. The van der Waals surface area contributed by atoms with Crippen LogP contribution in [0.1, 0.15) is 33.1 Å². The fourth-order valence-corrected chi connectivity index (χ4v) is 1.58.